The van der Waals surface area contributed by atoms with E-state index in [1.807, 2.05) is 18.2 Å². The molecule has 0 amide bonds. The lowest BCUT2D eigenvalue weighted by molar-refractivity contribution is 0.574. The maximum Gasteiger partial charge on any atom is 0.137 e. The number of nitrogen functional groups attached to an aromatic ring is 1. The van der Waals surface area contributed by atoms with E-state index in [0.717, 1.165) is 23.5 Å². The van der Waals surface area contributed by atoms with Gasteiger partial charge in [-0.05, 0) is 31.5 Å². The molecule has 2 rings (SSSR count). The number of benzene rings is 1. The number of hydrogen-bond acceptors (Lipinski definition) is 3. The highest BCUT2D eigenvalue weighted by Crippen LogP contribution is 2.13. The third-order valence-corrected chi connectivity index (χ3v) is 2.52. The summed E-state index contributed by atoms with van der Waals surface area (Å²) in [6.07, 6.45) is 2.54. The van der Waals surface area contributed by atoms with Crippen molar-refractivity contribution in [3.63, 3.8) is 0 Å². The van der Waals surface area contributed by atoms with Crippen LogP contribution in [0.2, 0.25) is 0 Å². The van der Waals surface area contributed by atoms with Crippen LogP contribution in [0.15, 0.2) is 30.6 Å². The number of nitrogens with two attached hydrogens (primary N) is 1. The average molecular weight is 216 g/mol. The van der Waals surface area contributed by atoms with Crippen LogP contribution in [0, 0.1) is 0 Å². The number of rotatable bonds is 3. The maximum atomic E-state index is 5.74. The van der Waals surface area contributed by atoms with Crippen molar-refractivity contribution < 1.29 is 0 Å². The SMILES string of the molecule is CC(C)n1cnnc1Cc1cccc(N)c1. The van der Waals surface area contributed by atoms with Crippen LogP contribution in [0.25, 0.3) is 0 Å². The van der Waals surface area contributed by atoms with E-state index in [1.165, 1.54) is 0 Å². The fourth-order valence-electron chi connectivity index (χ4n) is 1.71. The zero-order chi connectivity index (χ0) is 11.5. The van der Waals surface area contributed by atoms with Gasteiger partial charge in [0.05, 0.1) is 0 Å². The van der Waals surface area contributed by atoms with Crippen molar-refractivity contribution in [3.05, 3.63) is 42.0 Å². The van der Waals surface area contributed by atoms with E-state index >= 15 is 0 Å². The lowest BCUT2D eigenvalue weighted by atomic mass is 10.1. The standard InChI is InChI=1S/C12H16N4/c1-9(2)16-8-14-15-12(16)7-10-4-3-5-11(13)6-10/h3-6,8-9H,7,13H2,1-2H3. The molecule has 2 aromatic rings. The molecule has 0 spiro atoms. The smallest absolute Gasteiger partial charge is 0.137 e. The highest BCUT2D eigenvalue weighted by atomic mass is 15.3. The van der Waals surface area contributed by atoms with Gasteiger partial charge in [-0.25, -0.2) is 0 Å². The van der Waals surface area contributed by atoms with Gasteiger partial charge in [0.2, 0.25) is 0 Å². The van der Waals surface area contributed by atoms with Crippen LogP contribution in [0.1, 0.15) is 31.3 Å². The molecule has 1 aromatic carbocycles. The molecule has 1 aromatic heterocycles. The van der Waals surface area contributed by atoms with E-state index < -0.39 is 0 Å². The Bertz CT molecular complexity index is 473. The third-order valence-electron chi connectivity index (χ3n) is 2.52. The van der Waals surface area contributed by atoms with E-state index in [4.69, 9.17) is 5.73 Å². The van der Waals surface area contributed by atoms with E-state index in [9.17, 15) is 0 Å². The molecule has 4 heteroatoms. The minimum absolute atomic E-state index is 0.381. The molecular weight excluding hydrogens is 200 g/mol. The normalized spacial score (nSPS) is 10.9. The minimum atomic E-state index is 0.381. The van der Waals surface area contributed by atoms with Crippen molar-refractivity contribution in [2.75, 3.05) is 5.73 Å². The summed E-state index contributed by atoms with van der Waals surface area (Å²) in [5.74, 6) is 0.973. The van der Waals surface area contributed by atoms with Crippen molar-refractivity contribution >= 4 is 5.69 Å². The lowest BCUT2D eigenvalue weighted by Crippen LogP contribution is -2.06. The summed E-state index contributed by atoms with van der Waals surface area (Å²) in [5.41, 5.74) is 7.69. The molecule has 0 saturated carbocycles. The molecule has 0 atom stereocenters. The molecule has 0 unspecified atom stereocenters. The van der Waals surface area contributed by atoms with Gasteiger partial charge < -0.3 is 10.3 Å². The first-order chi connectivity index (χ1) is 7.66. The van der Waals surface area contributed by atoms with Gasteiger partial charge in [0, 0.05) is 18.2 Å². The molecule has 0 aliphatic rings. The molecule has 0 fully saturated rings. The van der Waals surface area contributed by atoms with Crippen LogP contribution in [-0.4, -0.2) is 14.8 Å². The fourth-order valence-corrected chi connectivity index (χ4v) is 1.71. The molecule has 16 heavy (non-hydrogen) atoms. The highest BCUT2D eigenvalue weighted by Gasteiger charge is 2.07. The predicted molar refractivity (Wildman–Crippen MR) is 64.1 cm³/mol. The molecule has 0 aliphatic heterocycles. The van der Waals surface area contributed by atoms with E-state index in [1.54, 1.807) is 6.33 Å². The van der Waals surface area contributed by atoms with Crippen LogP contribution in [-0.2, 0) is 6.42 Å². The summed E-state index contributed by atoms with van der Waals surface area (Å²) in [6.45, 7) is 4.23. The van der Waals surface area contributed by atoms with Gasteiger partial charge in [0.15, 0.2) is 0 Å². The monoisotopic (exact) mass is 216 g/mol. The summed E-state index contributed by atoms with van der Waals surface area (Å²) < 4.78 is 2.07. The Morgan fingerprint density at radius 3 is 2.88 bits per heavy atom. The highest BCUT2D eigenvalue weighted by molar-refractivity contribution is 5.41. The molecule has 1 heterocycles. The molecule has 2 N–H and O–H groups in total. The Hall–Kier alpha value is -1.84. The van der Waals surface area contributed by atoms with Gasteiger partial charge in [0.25, 0.3) is 0 Å². The molecule has 0 saturated heterocycles. The third kappa shape index (κ3) is 2.21. The quantitative estimate of drug-likeness (QED) is 0.799. The second-order valence-electron chi connectivity index (χ2n) is 4.17. The Balaban J connectivity index is 2.24. The minimum Gasteiger partial charge on any atom is -0.399 e. The molecule has 0 radical (unpaired) electrons. The number of nitrogens with zero attached hydrogens (tertiary/aromatic N) is 3. The van der Waals surface area contributed by atoms with Crippen LogP contribution < -0.4 is 5.73 Å². The summed E-state index contributed by atoms with van der Waals surface area (Å²) >= 11 is 0. The zero-order valence-corrected chi connectivity index (χ0v) is 9.59. The summed E-state index contributed by atoms with van der Waals surface area (Å²) in [6, 6.07) is 8.25. The second-order valence-corrected chi connectivity index (χ2v) is 4.17. The molecule has 0 bridgehead atoms. The predicted octanol–water partition coefficient (Wildman–Crippen LogP) is 2.03. The zero-order valence-electron chi connectivity index (χ0n) is 9.59. The average Bonchev–Trinajstić information content (AvgIpc) is 2.66. The molecular formula is C12H16N4. The van der Waals surface area contributed by atoms with Crippen molar-refractivity contribution in [2.45, 2.75) is 26.3 Å². The number of hydrogen-bond donors (Lipinski definition) is 1. The summed E-state index contributed by atoms with van der Waals surface area (Å²) in [4.78, 5) is 0. The van der Waals surface area contributed by atoms with Gasteiger partial charge in [-0.1, -0.05) is 12.1 Å². The van der Waals surface area contributed by atoms with Crippen LogP contribution in [0.3, 0.4) is 0 Å². The summed E-state index contributed by atoms with van der Waals surface area (Å²) in [7, 11) is 0. The summed E-state index contributed by atoms with van der Waals surface area (Å²) in [5, 5.41) is 8.08. The molecule has 84 valence electrons. The van der Waals surface area contributed by atoms with Gasteiger partial charge in [-0.2, -0.15) is 0 Å². The Kier molecular flexibility index (Phi) is 2.90. The lowest BCUT2D eigenvalue weighted by Gasteiger charge is -2.09. The van der Waals surface area contributed by atoms with Crippen LogP contribution >= 0.6 is 0 Å². The molecule has 4 nitrogen and oxygen atoms in total. The maximum absolute atomic E-state index is 5.74. The van der Waals surface area contributed by atoms with Crippen molar-refractivity contribution in [3.8, 4) is 0 Å². The van der Waals surface area contributed by atoms with Crippen molar-refractivity contribution in [2.24, 2.45) is 0 Å². The van der Waals surface area contributed by atoms with Crippen LogP contribution in [0.4, 0.5) is 5.69 Å². The Morgan fingerprint density at radius 1 is 1.38 bits per heavy atom. The van der Waals surface area contributed by atoms with Gasteiger partial charge in [-0.15, -0.1) is 10.2 Å². The van der Waals surface area contributed by atoms with E-state index in [-0.39, 0.29) is 0 Å². The van der Waals surface area contributed by atoms with Crippen molar-refractivity contribution in [1.29, 1.82) is 0 Å². The van der Waals surface area contributed by atoms with Crippen molar-refractivity contribution in [1.82, 2.24) is 14.8 Å². The first kappa shape index (κ1) is 10.7. The topological polar surface area (TPSA) is 56.7 Å². The van der Waals surface area contributed by atoms with Gasteiger partial charge in [-0.3, -0.25) is 0 Å². The van der Waals surface area contributed by atoms with Crippen LogP contribution in [0.5, 0.6) is 0 Å². The van der Waals surface area contributed by atoms with Gasteiger partial charge in [0.1, 0.15) is 12.2 Å². The van der Waals surface area contributed by atoms with E-state index in [2.05, 4.69) is 34.7 Å². The largest absolute Gasteiger partial charge is 0.399 e. The van der Waals surface area contributed by atoms with E-state index in [0.29, 0.717) is 6.04 Å². The first-order valence-electron chi connectivity index (χ1n) is 5.39. The Labute approximate surface area is 95.1 Å². The van der Waals surface area contributed by atoms with Gasteiger partial charge >= 0.3 is 0 Å². The number of aromatic nitrogens is 3. The number of anilines is 1. The first-order valence-corrected chi connectivity index (χ1v) is 5.39. The Morgan fingerprint density at radius 2 is 2.19 bits per heavy atom. The molecule has 0 aliphatic carbocycles. The fraction of sp³-hybridized carbons (Fsp3) is 0.333. The second kappa shape index (κ2) is 4.35.